The van der Waals surface area contributed by atoms with Gasteiger partial charge in [0.1, 0.15) is 18.6 Å². The molecule has 0 bridgehead atoms. The maximum absolute atomic E-state index is 11.7. The molecule has 5 atom stereocenters. The summed E-state index contributed by atoms with van der Waals surface area (Å²) in [5.41, 5.74) is 0. The first kappa shape index (κ1) is 12.6. The maximum Gasteiger partial charge on any atom is 0.321 e. The lowest BCUT2D eigenvalue weighted by Crippen LogP contribution is -2.56. The minimum atomic E-state index is -0.825. The fourth-order valence-corrected chi connectivity index (χ4v) is 2.30. The summed E-state index contributed by atoms with van der Waals surface area (Å²) in [5.74, 6) is -0.270. The fraction of sp³-hybridized carbons (Fsp3) is 0.900. The second-order valence-corrected chi connectivity index (χ2v) is 4.54. The van der Waals surface area contributed by atoms with Gasteiger partial charge in [-0.15, -0.1) is 0 Å². The zero-order chi connectivity index (χ0) is 12.6. The molecule has 7 heteroatoms. The van der Waals surface area contributed by atoms with Crippen molar-refractivity contribution in [2.45, 2.75) is 38.0 Å². The van der Waals surface area contributed by atoms with Crippen LogP contribution < -0.4 is 5.32 Å². The van der Waals surface area contributed by atoms with E-state index in [2.05, 4.69) is 5.32 Å². The van der Waals surface area contributed by atoms with Crippen molar-refractivity contribution in [3.63, 3.8) is 0 Å². The predicted molar refractivity (Wildman–Crippen MR) is 56.8 cm³/mol. The molecule has 2 aliphatic rings. The first-order valence-electron chi connectivity index (χ1n) is 5.74. The van der Waals surface area contributed by atoms with Gasteiger partial charge in [0.15, 0.2) is 0 Å². The molecule has 0 aromatic carbocycles. The summed E-state index contributed by atoms with van der Waals surface area (Å²) < 4.78 is 5.46. The second-order valence-electron chi connectivity index (χ2n) is 4.54. The molecule has 2 rings (SSSR count). The zero-order valence-electron chi connectivity index (χ0n) is 9.61. The molecular weight excluding hydrogens is 228 g/mol. The minimum absolute atomic E-state index is 0.270. The second kappa shape index (κ2) is 4.77. The lowest BCUT2D eigenvalue weighted by atomic mass is 10.0. The SMILES string of the molecule is C[C@@H]1C(N2CC[C@H](O)NC2=O)O[C@H](CO)[C@H]1O. The van der Waals surface area contributed by atoms with Crippen LogP contribution in [0.4, 0.5) is 4.79 Å². The molecule has 0 aliphatic carbocycles. The van der Waals surface area contributed by atoms with Gasteiger partial charge < -0.3 is 25.4 Å². The van der Waals surface area contributed by atoms with E-state index in [4.69, 9.17) is 9.84 Å². The van der Waals surface area contributed by atoms with Crippen LogP contribution in [0.2, 0.25) is 0 Å². The number of aliphatic hydroxyl groups is 3. The van der Waals surface area contributed by atoms with Crippen LogP contribution in [0.25, 0.3) is 0 Å². The highest BCUT2D eigenvalue weighted by Crippen LogP contribution is 2.30. The number of carbonyl (C=O) groups is 1. The fourth-order valence-electron chi connectivity index (χ4n) is 2.30. The third-order valence-electron chi connectivity index (χ3n) is 3.37. The Labute approximate surface area is 99.0 Å². The minimum Gasteiger partial charge on any atom is -0.394 e. The first-order valence-corrected chi connectivity index (χ1v) is 5.74. The van der Waals surface area contributed by atoms with E-state index in [1.165, 1.54) is 4.90 Å². The molecule has 2 heterocycles. The van der Waals surface area contributed by atoms with Gasteiger partial charge in [-0.05, 0) is 0 Å². The lowest BCUT2D eigenvalue weighted by Gasteiger charge is -2.36. The van der Waals surface area contributed by atoms with Crippen LogP contribution in [-0.2, 0) is 4.74 Å². The highest BCUT2D eigenvalue weighted by Gasteiger charge is 2.45. The van der Waals surface area contributed by atoms with Crippen LogP contribution in [0.5, 0.6) is 0 Å². The predicted octanol–water partition coefficient (Wildman–Crippen LogP) is -1.57. The number of nitrogens with zero attached hydrogens (tertiary/aromatic N) is 1. The number of ether oxygens (including phenoxy) is 1. The highest BCUT2D eigenvalue weighted by atomic mass is 16.5. The van der Waals surface area contributed by atoms with Gasteiger partial charge in [0.05, 0.1) is 12.7 Å². The van der Waals surface area contributed by atoms with Crippen LogP contribution in [0.3, 0.4) is 0 Å². The lowest BCUT2D eigenvalue weighted by molar-refractivity contribution is -0.0775. The normalized spacial score (nSPS) is 42.7. The molecule has 4 N–H and O–H groups in total. The van der Waals surface area contributed by atoms with E-state index in [-0.39, 0.29) is 12.5 Å². The van der Waals surface area contributed by atoms with Crippen LogP contribution in [0.1, 0.15) is 13.3 Å². The molecule has 2 fully saturated rings. The Kier molecular flexibility index (Phi) is 3.53. The van der Waals surface area contributed by atoms with Crippen LogP contribution >= 0.6 is 0 Å². The summed E-state index contributed by atoms with van der Waals surface area (Å²) in [5, 5.41) is 30.5. The Morgan fingerprint density at radius 1 is 1.53 bits per heavy atom. The number of rotatable bonds is 2. The molecule has 17 heavy (non-hydrogen) atoms. The maximum atomic E-state index is 11.7. The van der Waals surface area contributed by atoms with Crippen molar-refractivity contribution in [2.75, 3.05) is 13.2 Å². The Balaban J connectivity index is 2.05. The summed E-state index contributed by atoms with van der Waals surface area (Å²) in [6, 6.07) is -0.411. The van der Waals surface area contributed by atoms with Gasteiger partial charge in [0, 0.05) is 18.9 Å². The Morgan fingerprint density at radius 2 is 2.24 bits per heavy atom. The van der Waals surface area contributed by atoms with Gasteiger partial charge >= 0.3 is 6.03 Å². The number of amides is 2. The molecule has 0 spiro atoms. The van der Waals surface area contributed by atoms with E-state index in [1.807, 2.05) is 0 Å². The standard InChI is InChI=1S/C10H18N2O5/c1-5-8(15)6(4-13)17-9(5)12-3-2-7(14)11-10(12)16/h5-9,13-15H,2-4H2,1H3,(H,11,16)/t5-,6+,7-,8-,9?/m0/s1. The third kappa shape index (κ3) is 2.23. The summed E-state index contributed by atoms with van der Waals surface area (Å²) in [6.45, 7) is 1.86. The van der Waals surface area contributed by atoms with Gasteiger partial charge in [-0.2, -0.15) is 0 Å². The number of hydrogen-bond acceptors (Lipinski definition) is 5. The van der Waals surface area contributed by atoms with Gasteiger partial charge in [0.25, 0.3) is 0 Å². The Hall–Kier alpha value is -0.890. The van der Waals surface area contributed by atoms with Gasteiger partial charge in [-0.3, -0.25) is 4.90 Å². The molecule has 2 amide bonds. The summed E-state index contributed by atoms with van der Waals surface area (Å²) >= 11 is 0. The van der Waals surface area contributed by atoms with Gasteiger partial charge in [-0.1, -0.05) is 6.92 Å². The monoisotopic (exact) mass is 246 g/mol. The topological polar surface area (TPSA) is 102 Å². The Morgan fingerprint density at radius 3 is 2.76 bits per heavy atom. The van der Waals surface area contributed by atoms with E-state index < -0.39 is 30.7 Å². The number of carbonyl (C=O) groups excluding carboxylic acids is 1. The van der Waals surface area contributed by atoms with E-state index in [0.29, 0.717) is 13.0 Å². The molecule has 0 saturated carbocycles. The van der Waals surface area contributed by atoms with E-state index in [1.54, 1.807) is 6.92 Å². The van der Waals surface area contributed by atoms with E-state index >= 15 is 0 Å². The van der Waals surface area contributed by atoms with Gasteiger partial charge in [0.2, 0.25) is 0 Å². The smallest absolute Gasteiger partial charge is 0.321 e. The van der Waals surface area contributed by atoms with Crippen molar-refractivity contribution in [1.29, 1.82) is 0 Å². The molecule has 2 aliphatic heterocycles. The van der Waals surface area contributed by atoms with Crippen molar-refractivity contribution >= 4 is 6.03 Å². The number of aliphatic hydroxyl groups excluding tert-OH is 3. The first-order chi connectivity index (χ1) is 8.04. The number of hydrogen-bond donors (Lipinski definition) is 4. The summed E-state index contributed by atoms with van der Waals surface area (Å²) in [4.78, 5) is 13.1. The average molecular weight is 246 g/mol. The molecule has 7 nitrogen and oxygen atoms in total. The zero-order valence-corrected chi connectivity index (χ0v) is 9.61. The number of urea groups is 1. The molecule has 0 aromatic heterocycles. The molecule has 0 radical (unpaired) electrons. The summed E-state index contributed by atoms with van der Waals surface area (Å²) in [6.07, 6.45) is -2.42. The molecule has 0 aromatic rings. The Bertz CT molecular complexity index is 300. The molecular formula is C10H18N2O5. The molecule has 2 saturated heterocycles. The summed E-state index contributed by atoms with van der Waals surface area (Å²) in [7, 11) is 0. The average Bonchev–Trinajstić information content (AvgIpc) is 2.57. The van der Waals surface area contributed by atoms with E-state index in [0.717, 1.165) is 0 Å². The van der Waals surface area contributed by atoms with Crippen LogP contribution in [-0.4, -0.2) is 64.1 Å². The van der Waals surface area contributed by atoms with E-state index in [9.17, 15) is 15.0 Å². The van der Waals surface area contributed by atoms with Crippen LogP contribution in [0, 0.1) is 5.92 Å². The van der Waals surface area contributed by atoms with Crippen molar-refractivity contribution in [1.82, 2.24) is 10.2 Å². The van der Waals surface area contributed by atoms with Crippen molar-refractivity contribution < 1.29 is 24.9 Å². The van der Waals surface area contributed by atoms with Crippen molar-refractivity contribution in [3.05, 3.63) is 0 Å². The van der Waals surface area contributed by atoms with Crippen LogP contribution in [0.15, 0.2) is 0 Å². The van der Waals surface area contributed by atoms with Gasteiger partial charge in [-0.25, -0.2) is 4.79 Å². The van der Waals surface area contributed by atoms with Crippen molar-refractivity contribution in [2.24, 2.45) is 5.92 Å². The number of nitrogens with one attached hydrogen (secondary N) is 1. The quantitative estimate of drug-likeness (QED) is 0.471. The molecule has 1 unspecified atom stereocenters. The largest absolute Gasteiger partial charge is 0.394 e. The third-order valence-corrected chi connectivity index (χ3v) is 3.37. The van der Waals surface area contributed by atoms with Crippen molar-refractivity contribution in [3.8, 4) is 0 Å². The molecule has 98 valence electrons. The highest BCUT2D eigenvalue weighted by molar-refractivity contribution is 5.75.